The molecule has 6 nitrogen and oxygen atoms in total. The first-order chi connectivity index (χ1) is 12.6. The molecule has 0 aliphatic carbocycles. The molecule has 3 atom stereocenters. The van der Waals surface area contributed by atoms with Gasteiger partial charge in [0, 0.05) is 23.9 Å². The smallest absolute Gasteiger partial charge is 0.406 e. The Bertz CT molecular complexity index is 835. The summed E-state index contributed by atoms with van der Waals surface area (Å²) >= 11 is 0. The quantitative estimate of drug-likeness (QED) is 0.818. The zero-order valence-corrected chi connectivity index (χ0v) is 14.6. The third-order valence-corrected chi connectivity index (χ3v) is 4.40. The molecule has 3 rings (SSSR count). The van der Waals surface area contributed by atoms with Crippen LogP contribution in [0, 0.1) is 5.92 Å². The second kappa shape index (κ2) is 7.16. The fourth-order valence-corrected chi connectivity index (χ4v) is 3.00. The number of nitrogens with zero attached hydrogens (tertiary/aromatic N) is 3. The van der Waals surface area contributed by atoms with Crippen LogP contribution < -0.4 is 10.1 Å². The summed E-state index contributed by atoms with van der Waals surface area (Å²) < 4.78 is 54.6. The van der Waals surface area contributed by atoms with E-state index in [1.807, 2.05) is 0 Å². The highest BCUT2D eigenvalue weighted by Gasteiger charge is 2.34. The van der Waals surface area contributed by atoms with Crippen molar-refractivity contribution in [2.45, 2.75) is 32.4 Å². The Morgan fingerprint density at radius 2 is 2.07 bits per heavy atom. The standard InChI is InChI=1S/C17H18F4N4O2/c1-9-6-25(7-13(9)18)16(26)10(2)24-15-12-4-3-11(27-17(19,20)21)5-14(12)22-8-23-15/h3-5,8-10,13H,6-7H2,1-2H3,(H,22,23,24)/t9?,10-,13+/m1/s1. The molecule has 27 heavy (non-hydrogen) atoms. The van der Waals surface area contributed by atoms with E-state index in [1.165, 1.54) is 17.3 Å². The van der Waals surface area contributed by atoms with Crippen LogP contribution in [-0.2, 0) is 4.79 Å². The van der Waals surface area contributed by atoms with Gasteiger partial charge < -0.3 is 15.0 Å². The first-order valence-electron chi connectivity index (χ1n) is 8.34. The van der Waals surface area contributed by atoms with E-state index < -0.39 is 24.3 Å². The number of alkyl halides is 4. The lowest BCUT2D eigenvalue weighted by Crippen LogP contribution is -2.40. The Labute approximate surface area is 152 Å². The summed E-state index contributed by atoms with van der Waals surface area (Å²) in [6.07, 6.45) is -4.67. The Morgan fingerprint density at radius 1 is 1.33 bits per heavy atom. The molecule has 1 aromatic carbocycles. The molecule has 1 fully saturated rings. The Hall–Kier alpha value is -2.65. The van der Waals surface area contributed by atoms with Gasteiger partial charge in [0.05, 0.1) is 12.1 Å². The lowest BCUT2D eigenvalue weighted by molar-refractivity contribution is -0.274. The third kappa shape index (κ3) is 4.37. The van der Waals surface area contributed by atoms with Gasteiger partial charge in [0.1, 0.15) is 30.1 Å². The average molecular weight is 386 g/mol. The van der Waals surface area contributed by atoms with Gasteiger partial charge in [0.15, 0.2) is 0 Å². The molecule has 1 N–H and O–H groups in total. The molecule has 10 heteroatoms. The van der Waals surface area contributed by atoms with E-state index in [1.54, 1.807) is 13.8 Å². The number of rotatable bonds is 4. The van der Waals surface area contributed by atoms with Crippen LogP contribution in [0.5, 0.6) is 5.75 Å². The molecule has 1 saturated heterocycles. The second-order valence-electron chi connectivity index (χ2n) is 6.55. The number of aromatic nitrogens is 2. The number of anilines is 1. The highest BCUT2D eigenvalue weighted by Crippen LogP contribution is 2.28. The average Bonchev–Trinajstić information content (AvgIpc) is 2.91. The number of carbonyl (C=O) groups is 1. The highest BCUT2D eigenvalue weighted by atomic mass is 19.4. The van der Waals surface area contributed by atoms with E-state index >= 15 is 0 Å². The molecule has 0 bridgehead atoms. The van der Waals surface area contributed by atoms with Crippen molar-refractivity contribution >= 4 is 22.6 Å². The molecule has 1 aliphatic heterocycles. The molecule has 1 aromatic heterocycles. The van der Waals surface area contributed by atoms with Crippen LogP contribution in [0.1, 0.15) is 13.8 Å². The van der Waals surface area contributed by atoms with E-state index in [9.17, 15) is 22.4 Å². The first-order valence-corrected chi connectivity index (χ1v) is 8.34. The molecule has 0 radical (unpaired) electrons. The van der Waals surface area contributed by atoms with E-state index in [4.69, 9.17) is 0 Å². The van der Waals surface area contributed by atoms with Crippen molar-refractivity contribution in [2.75, 3.05) is 18.4 Å². The zero-order valence-electron chi connectivity index (χ0n) is 14.6. The van der Waals surface area contributed by atoms with Gasteiger partial charge in [-0.25, -0.2) is 14.4 Å². The van der Waals surface area contributed by atoms with Crippen molar-refractivity contribution in [2.24, 2.45) is 5.92 Å². The number of fused-ring (bicyclic) bond motifs is 1. The fraction of sp³-hybridized carbons (Fsp3) is 0.471. The number of likely N-dealkylation sites (tertiary alicyclic amines) is 1. The van der Waals surface area contributed by atoms with Crippen LogP contribution in [-0.4, -0.2) is 52.4 Å². The van der Waals surface area contributed by atoms with E-state index in [2.05, 4.69) is 20.0 Å². The topological polar surface area (TPSA) is 67.4 Å². The maximum atomic E-state index is 13.7. The van der Waals surface area contributed by atoms with Crippen molar-refractivity contribution in [1.82, 2.24) is 14.9 Å². The minimum Gasteiger partial charge on any atom is -0.406 e. The van der Waals surface area contributed by atoms with E-state index in [-0.39, 0.29) is 23.9 Å². The summed E-state index contributed by atoms with van der Waals surface area (Å²) in [4.78, 5) is 21.9. The summed E-state index contributed by atoms with van der Waals surface area (Å²) in [6.45, 7) is 3.76. The summed E-state index contributed by atoms with van der Waals surface area (Å²) in [6, 6.07) is 2.97. The molecule has 0 saturated carbocycles. The third-order valence-electron chi connectivity index (χ3n) is 4.40. The molecule has 1 aliphatic rings. The minimum absolute atomic E-state index is 0.0503. The molecule has 2 heterocycles. The minimum atomic E-state index is -4.80. The van der Waals surface area contributed by atoms with Crippen LogP contribution in [0.3, 0.4) is 0 Å². The monoisotopic (exact) mass is 386 g/mol. The number of halogens is 4. The van der Waals surface area contributed by atoms with Gasteiger partial charge in [-0.3, -0.25) is 4.79 Å². The van der Waals surface area contributed by atoms with Gasteiger partial charge in [0.25, 0.3) is 0 Å². The van der Waals surface area contributed by atoms with Gasteiger partial charge in [0.2, 0.25) is 5.91 Å². The van der Waals surface area contributed by atoms with Gasteiger partial charge in [-0.15, -0.1) is 13.2 Å². The maximum Gasteiger partial charge on any atom is 0.573 e. The summed E-state index contributed by atoms with van der Waals surface area (Å²) in [5.41, 5.74) is 0.229. The highest BCUT2D eigenvalue weighted by molar-refractivity contribution is 5.92. The van der Waals surface area contributed by atoms with Crippen LogP contribution in [0.2, 0.25) is 0 Å². The van der Waals surface area contributed by atoms with Crippen molar-refractivity contribution in [3.63, 3.8) is 0 Å². The van der Waals surface area contributed by atoms with Crippen LogP contribution in [0.4, 0.5) is 23.4 Å². The first kappa shape index (κ1) is 19.1. The van der Waals surface area contributed by atoms with Crippen molar-refractivity contribution in [1.29, 1.82) is 0 Å². The number of hydrogen-bond acceptors (Lipinski definition) is 5. The molecule has 146 valence electrons. The second-order valence-corrected chi connectivity index (χ2v) is 6.55. The van der Waals surface area contributed by atoms with E-state index in [0.717, 1.165) is 12.1 Å². The molecular formula is C17H18F4N4O2. The normalized spacial score (nSPS) is 21.3. The fourth-order valence-electron chi connectivity index (χ4n) is 3.00. The van der Waals surface area contributed by atoms with Crippen LogP contribution in [0.15, 0.2) is 24.5 Å². The molecule has 1 amide bonds. The van der Waals surface area contributed by atoms with E-state index in [0.29, 0.717) is 17.7 Å². The molecule has 0 spiro atoms. The number of benzene rings is 1. The maximum absolute atomic E-state index is 13.7. The number of carbonyl (C=O) groups excluding carboxylic acids is 1. The van der Waals surface area contributed by atoms with Gasteiger partial charge in [-0.1, -0.05) is 6.92 Å². The number of amides is 1. The van der Waals surface area contributed by atoms with Crippen molar-refractivity contribution in [3.8, 4) is 5.75 Å². The number of hydrogen-bond donors (Lipinski definition) is 1. The largest absolute Gasteiger partial charge is 0.573 e. The lowest BCUT2D eigenvalue weighted by Gasteiger charge is -2.22. The van der Waals surface area contributed by atoms with Crippen molar-refractivity contribution < 1.29 is 27.1 Å². The Kier molecular flexibility index (Phi) is 5.07. The van der Waals surface area contributed by atoms with Gasteiger partial charge in [-0.2, -0.15) is 0 Å². The molecule has 2 aromatic rings. The summed E-state index contributed by atoms with van der Waals surface area (Å²) in [5, 5.41) is 3.37. The number of nitrogens with one attached hydrogen (secondary N) is 1. The van der Waals surface area contributed by atoms with Crippen LogP contribution >= 0.6 is 0 Å². The SMILES string of the molecule is CC1CN(C(=O)[C@@H](C)Nc2ncnc3cc(OC(F)(F)F)ccc23)C[C@@H]1F. The summed E-state index contributed by atoms with van der Waals surface area (Å²) in [5.74, 6) is -0.592. The van der Waals surface area contributed by atoms with Crippen molar-refractivity contribution in [3.05, 3.63) is 24.5 Å². The van der Waals surface area contributed by atoms with Gasteiger partial charge in [-0.05, 0) is 19.1 Å². The Balaban J connectivity index is 1.77. The Morgan fingerprint density at radius 3 is 2.70 bits per heavy atom. The molecule has 1 unspecified atom stereocenters. The van der Waals surface area contributed by atoms with Gasteiger partial charge >= 0.3 is 6.36 Å². The van der Waals surface area contributed by atoms with Crippen LogP contribution in [0.25, 0.3) is 10.9 Å². The predicted molar refractivity (Wildman–Crippen MR) is 89.9 cm³/mol. The zero-order chi connectivity index (χ0) is 19.8. The number of ether oxygens (including phenoxy) is 1. The summed E-state index contributed by atoms with van der Waals surface area (Å²) in [7, 11) is 0. The predicted octanol–water partition coefficient (Wildman–Crippen LogP) is 3.15. The molecular weight excluding hydrogens is 368 g/mol. The lowest BCUT2D eigenvalue weighted by atomic mass is 10.1.